The Morgan fingerprint density at radius 1 is 1.60 bits per heavy atom. The van der Waals surface area contributed by atoms with Crippen molar-refractivity contribution in [2.24, 2.45) is 0 Å². The van der Waals surface area contributed by atoms with Gasteiger partial charge in [0.15, 0.2) is 0 Å². The predicted octanol–water partition coefficient (Wildman–Crippen LogP) is 2.87. The fraction of sp³-hybridized carbons (Fsp3) is 0.286. The van der Waals surface area contributed by atoms with Crippen molar-refractivity contribution in [3.05, 3.63) is 22.4 Å². The first-order valence-electron chi connectivity index (χ1n) is 2.91. The van der Waals surface area contributed by atoms with Crippen molar-refractivity contribution < 1.29 is 0 Å². The summed E-state index contributed by atoms with van der Waals surface area (Å²) in [5, 5.41) is 0. The van der Waals surface area contributed by atoms with E-state index in [9.17, 15) is 0 Å². The number of aromatic nitrogens is 1. The number of rotatable bonds is 1. The van der Waals surface area contributed by atoms with Gasteiger partial charge in [0, 0.05) is 11.1 Å². The SMILES string of the molecule is CSc1ccnc(C)c1Br. The van der Waals surface area contributed by atoms with Crippen LogP contribution in [0.2, 0.25) is 0 Å². The first-order valence-corrected chi connectivity index (χ1v) is 4.92. The van der Waals surface area contributed by atoms with Crippen LogP contribution in [0.1, 0.15) is 5.69 Å². The Hall–Kier alpha value is -0.0200. The molecular formula is C7H8BrNS. The third-order valence-corrected chi connectivity index (χ3v) is 3.29. The Morgan fingerprint density at radius 3 is 2.80 bits per heavy atom. The molecule has 1 aromatic heterocycles. The molecule has 0 amide bonds. The maximum atomic E-state index is 4.13. The number of nitrogens with zero attached hydrogens (tertiary/aromatic N) is 1. The summed E-state index contributed by atoms with van der Waals surface area (Å²) in [5.41, 5.74) is 1.05. The van der Waals surface area contributed by atoms with Crippen molar-refractivity contribution in [3.63, 3.8) is 0 Å². The highest BCUT2D eigenvalue weighted by atomic mass is 79.9. The molecule has 54 valence electrons. The lowest BCUT2D eigenvalue weighted by atomic mass is 10.4. The summed E-state index contributed by atoms with van der Waals surface area (Å²) >= 11 is 5.18. The van der Waals surface area contributed by atoms with Gasteiger partial charge in [-0.05, 0) is 35.2 Å². The highest BCUT2D eigenvalue weighted by Crippen LogP contribution is 2.26. The molecule has 1 rings (SSSR count). The predicted molar refractivity (Wildman–Crippen MR) is 48.5 cm³/mol. The van der Waals surface area contributed by atoms with Gasteiger partial charge in [-0.2, -0.15) is 0 Å². The van der Waals surface area contributed by atoms with Crippen molar-refractivity contribution in [2.45, 2.75) is 11.8 Å². The molecule has 1 aromatic rings. The van der Waals surface area contributed by atoms with Crippen LogP contribution in [0.25, 0.3) is 0 Å². The van der Waals surface area contributed by atoms with Crippen LogP contribution in [-0.2, 0) is 0 Å². The van der Waals surface area contributed by atoms with Crippen LogP contribution in [-0.4, -0.2) is 11.2 Å². The molecule has 10 heavy (non-hydrogen) atoms. The quantitative estimate of drug-likeness (QED) is 0.672. The van der Waals surface area contributed by atoms with Crippen LogP contribution < -0.4 is 0 Å². The third kappa shape index (κ3) is 1.52. The molecule has 0 aromatic carbocycles. The van der Waals surface area contributed by atoms with E-state index in [1.807, 2.05) is 19.2 Å². The zero-order chi connectivity index (χ0) is 7.56. The second-order valence-electron chi connectivity index (χ2n) is 1.91. The lowest BCUT2D eigenvalue weighted by Gasteiger charge is -2.00. The van der Waals surface area contributed by atoms with E-state index in [4.69, 9.17) is 0 Å². The van der Waals surface area contributed by atoms with E-state index in [2.05, 4.69) is 27.2 Å². The summed E-state index contributed by atoms with van der Waals surface area (Å²) in [6, 6.07) is 2.00. The van der Waals surface area contributed by atoms with E-state index in [0.717, 1.165) is 10.2 Å². The summed E-state index contributed by atoms with van der Waals surface area (Å²) in [5.74, 6) is 0. The summed E-state index contributed by atoms with van der Waals surface area (Å²) in [7, 11) is 0. The molecule has 0 saturated heterocycles. The monoisotopic (exact) mass is 217 g/mol. The maximum Gasteiger partial charge on any atom is 0.0525 e. The summed E-state index contributed by atoms with van der Waals surface area (Å²) in [6.07, 6.45) is 3.88. The Kier molecular flexibility index (Phi) is 2.74. The van der Waals surface area contributed by atoms with Crippen LogP contribution in [0.5, 0.6) is 0 Å². The van der Waals surface area contributed by atoms with Gasteiger partial charge in [0.2, 0.25) is 0 Å². The molecule has 0 fully saturated rings. The Labute approximate surface area is 73.4 Å². The van der Waals surface area contributed by atoms with Gasteiger partial charge in [-0.25, -0.2) is 0 Å². The fourth-order valence-corrected chi connectivity index (χ4v) is 1.93. The van der Waals surface area contributed by atoms with Crippen molar-refractivity contribution >= 4 is 27.7 Å². The molecule has 0 aliphatic carbocycles. The smallest absolute Gasteiger partial charge is 0.0525 e. The molecule has 0 radical (unpaired) electrons. The van der Waals surface area contributed by atoms with E-state index in [1.54, 1.807) is 11.8 Å². The van der Waals surface area contributed by atoms with Crippen LogP contribution in [0.4, 0.5) is 0 Å². The van der Waals surface area contributed by atoms with Gasteiger partial charge in [0.1, 0.15) is 0 Å². The lowest BCUT2D eigenvalue weighted by Crippen LogP contribution is -1.83. The molecule has 0 N–H and O–H groups in total. The minimum atomic E-state index is 1.05. The van der Waals surface area contributed by atoms with Crippen molar-refractivity contribution in [1.29, 1.82) is 0 Å². The zero-order valence-corrected chi connectivity index (χ0v) is 8.29. The van der Waals surface area contributed by atoms with E-state index < -0.39 is 0 Å². The molecule has 0 aliphatic rings. The van der Waals surface area contributed by atoms with E-state index in [0.29, 0.717) is 0 Å². The first kappa shape index (κ1) is 8.08. The molecule has 1 nitrogen and oxygen atoms in total. The van der Waals surface area contributed by atoms with Gasteiger partial charge in [-0.1, -0.05) is 0 Å². The van der Waals surface area contributed by atoms with Gasteiger partial charge >= 0.3 is 0 Å². The average molecular weight is 218 g/mol. The Morgan fingerprint density at radius 2 is 2.30 bits per heavy atom. The largest absolute Gasteiger partial charge is 0.260 e. The molecular weight excluding hydrogens is 210 g/mol. The third-order valence-electron chi connectivity index (χ3n) is 1.25. The normalized spacial score (nSPS) is 9.90. The Balaban J connectivity index is 3.14. The number of thioether (sulfide) groups is 1. The van der Waals surface area contributed by atoms with E-state index in [-0.39, 0.29) is 0 Å². The molecule has 0 saturated carbocycles. The van der Waals surface area contributed by atoms with Crippen LogP contribution in [0.15, 0.2) is 21.6 Å². The fourth-order valence-electron chi connectivity index (χ4n) is 0.683. The summed E-state index contributed by atoms with van der Waals surface area (Å²) < 4.78 is 1.11. The van der Waals surface area contributed by atoms with Crippen LogP contribution in [0, 0.1) is 6.92 Å². The van der Waals surface area contributed by atoms with Gasteiger partial charge in [0.05, 0.1) is 10.2 Å². The number of aryl methyl sites for hydroxylation is 1. The molecule has 0 aliphatic heterocycles. The lowest BCUT2D eigenvalue weighted by molar-refractivity contribution is 1.13. The minimum Gasteiger partial charge on any atom is -0.260 e. The average Bonchev–Trinajstić information content (AvgIpc) is 1.95. The molecule has 0 unspecified atom stereocenters. The second kappa shape index (κ2) is 3.39. The molecule has 3 heteroatoms. The maximum absolute atomic E-state index is 4.13. The summed E-state index contributed by atoms with van der Waals surface area (Å²) in [6.45, 7) is 1.99. The highest BCUT2D eigenvalue weighted by Gasteiger charge is 1.99. The highest BCUT2D eigenvalue weighted by molar-refractivity contribution is 9.10. The zero-order valence-electron chi connectivity index (χ0n) is 5.89. The molecule has 0 atom stereocenters. The van der Waals surface area contributed by atoms with Gasteiger partial charge in [0.25, 0.3) is 0 Å². The molecule has 0 bridgehead atoms. The second-order valence-corrected chi connectivity index (χ2v) is 3.55. The molecule has 1 heterocycles. The van der Waals surface area contributed by atoms with Crippen molar-refractivity contribution in [2.75, 3.05) is 6.26 Å². The van der Waals surface area contributed by atoms with Gasteiger partial charge in [-0.3, -0.25) is 4.98 Å². The van der Waals surface area contributed by atoms with Crippen LogP contribution in [0.3, 0.4) is 0 Å². The van der Waals surface area contributed by atoms with Crippen molar-refractivity contribution in [1.82, 2.24) is 4.98 Å². The standard InChI is InChI=1S/C7H8BrNS/c1-5-7(8)6(10-2)3-4-9-5/h3-4H,1-2H3. The summed E-state index contributed by atoms with van der Waals surface area (Å²) in [4.78, 5) is 5.37. The number of hydrogen-bond donors (Lipinski definition) is 0. The van der Waals surface area contributed by atoms with Crippen LogP contribution >= 0.6 is 27.7 Å². The minimum absolute atomic E-state index is 1.05. The Bertz CT molecular complexity index is 237. The first-order chi connectivity index (χ1) is 4.75. The number of pyridine rings is 1. The number of halogens is 1. The van der Waals surface area contributed by atoms with Gasteiger partial charge < -0.3 is 0 Å². The van der Waals surface area contributed by atoms with Crippen molar-refractivity contribution in [3.8, 4) is 0 Å². The van der Waals surface area contributed by atoms with E-state index >= 15 is 0 Å². The molecule has 0 spiro atoms. The van der Waals surface area contributed by atoms with Gasteiger partial charge in [-0.15, -0.1) is 11.8 Å². The number of hydrogen-bond acceptors (Lipinski definition) is 2. The topological polar surface area (TPSA) is 12.9 Å². The van der Waals surface area contributed by atoms with E-state index in [1.165, 1.54) is 4.90 Å².